The molecule has 2 rings (SSSR count). The lowest BCUT2D eigenvalue weighted by Gasteiger charge is -2.25. The van der Waals surface area contributed by atoms with Crippen molar-refractivity contribution in [3.05, 3.63) is 44.9 Å². The van der Waals surface area contributed by atoms with E-state index in [1.54, 1.807) is 26.1 Å². The molecule has 1 N–H and O–H groups in total. The summed E-state index contributed by atoms with van der Waals surface area (Å²) >= 11 is 3.33. The molecule has 5 nitrogen and oxygen atoms in total. The molecule has 0 aromatic carbocycles. The first-order valence-corrected chi connectivity index (χ1v) is 7.13. The van der Waals surface area contributed by atoms with Gasteiger partial charge in [0, 0.05) is 29.8 Å². The van der Waals surface area contributed by atoms with E-state index in [2.05, 4.69) is 20.9 Å². The molecule has 0 amide bonds. The van der Waals surface area contributed by atoms with Crippen molar-refractivity contribution in [2.75, 3.05) is 13.6 Å². The van der Waals surface area contributed by atoms with E-state index < -0.39 is 5.60 Å². The van der Waals surface area contributed by atoms with Crippen LogP contribution in [0.5, 0.6) is 0 Å². The van der Waals surface area contributed by atoms with Gasteiger partial charge in [0.15, 0.2) is 0 Å². The number of hydrogen-bond acceptors (Lipinski definition) is 4. The number of nitrogens with zero attached hydrogens (tertiary/aromatic N) is 3. The summed E-state index contributed by atoms with van der Waals surface area (Å²) < 4.78 is 2.34. The molecular formula is C14H18BrN3O2. The van der Waals surface area contributed by atoms with Gasteiger partial charge in [-0.2, -0.15) is 0 Å². The molecule has 0 saturated heterocycles. The lowest BCUT2D eigenvalue weighted by molar-refractivity contribution is 0.0422. The summed E-state index contributed by atoms with van der Waals surface area (Å²) in [6, 6.07) is 5.18. The largest absolute Gasteiger partial charge is 0.389 e. The molecule has 20 heavy (non-hydrogen) atoms. The van der Waals surface area contributed by atoms with Gasteiger partial charge in [0.2, 0.25) is 0 Å². The van der Waals surface area contributed by atoms with Crippen molar-refractivity contribution in [3.63, 3.8) is 0 Å². The van der Waals surface area contributed by atoms with Crippen molar-refractivity contribution < 1.29 is 5.11 Å². The third-order valence-corrected chi connectivity index (χ3v) is 3.23. The van der Waals surface area contributed by atoms with Gasteiger partial charge in [-0.25, -0.2) is 4.98 Å². The van der Waals surface area contributed by atoms with Crippen molar-refractivity contribution in [2.24, 2.45) is 0 Å². The molecule has 0 saturated carbocycles. The minimum Gasteiger partial charge on any atom is -0.389 e. The summed E-state index contributed by atoms with van der Waals surface area (Å²) in [6.45, 7) is 4.54. The van der Waals surface area contributed by atoms with E-state index in [4.69, 9.17) is 0 Å². The second-order valence-electron chi connectivity index (χ2n) is 5.65. The Morgan fingerprint density at radius 3 is 2.80 bits per heavy atom. The average molecular weight is 340 g/mol. The summed E-state index contributed by atoms with van der Waals surface area (Å²) in [4.78, 5) is 18.5. The van der Waals surface area contributed by atoms with Gasteiger partial charge in [0.25, 0.3) is 5.56 Å². The van der Waals surface area contributed by atoms with E-state index in [-0.39, 0.29) is 5.56 Å². The fourth-order valence-corrected chi connectivity index (χ4v) is 2.54. The zero-order chi connectivity index (χ0) is 14.9. The first-order chi connectivity index (χ1) is 9.24. The minimum absolute atomic E-state index is 0.108. The predicted octanol–water partition coefficient (Wildman–Crippen LogP) is 1.66. The van der Waals surface area contributed by atoms with Gasteiger partial charge in [-0.1, -0.05) is 0 Å². The highest BCUT2D eigenvalue weighted by Crippen LogP contribution is 2.10. The Bertz CT molecular complexity index is 676. The molecule has 2 aromatic rings. The standard InChI is InChI=1S/C14H18BrN3O2/c1-14(2,20)9-17(3)8-11-6-13(19)18-7-10(15)4-5-12(18)16-11/h4-7,20H,8-9H2,1-3H3. The van der Waals surface area contributed by atoms with Crippen LogP contribution in [0.3, 0.4) is 0 Å². The van der Waals surface area contributed by atoms with Gasteiger partial charge < -0.3 is 5.11 Å². The van der Waals surface area contributed by atoms with Crippen LogP contribution in [0.2, 0.25) is 0 Å². The molecule has 0 unspecified atom stereocenters. The summed E-state index contributed by atoms with van der Waals surface area (Å²) in [6.07, 6.45) is 1.70. The molecule has 6 heteroatoms. The number of aliphatic hydroxyl groups is 1. The molecule has 0 radical (unpaired) electrons. The van der Waals surface area contributed by atoms with Gasteiger partial charge in [0.05, 0.1) is 11.3 Å². The van der Waals surface area contributed by atoms with E-state index in [1.165, 1.54) is 10.5 Å². The Morgan fingerprint density at radius 2 is 2.15 bits per heavy atom. The molecule has 0 aliphatic heterocycles. The molecular weight excluding hydrogens is 322 g/mol. The summed E-state index contributed by atoms with van der Waals surface area (Å²) in [5.41, 5.74) is 0.435. The Kier molecular flexibility index (Phi) is 4.27. The molecule has 0 fully saturated rings. The van der Waals surface area contributed by atoms with Crippen molar-refractivity contribution in [1.82, 2.24) is 14.3 Å². The maximum Gasteiger partial charge on any atom is 0.258 e. The zero-order valence-electron chi connectivity index (χ0n) is 11.8. The molecule has 0 bridgehead atoms. The van der Waals surface area contributed by atoms with Crippen LogP contribution in [-0.2, 0) is 6.54 Å². The molecule has 0 aliphatic carbocycles. The molecule has 2 aromatic heterocycles. The van der Waals surface area contributed by atoms with Crippen molar-refractivity contribution in [3.8, 4) is 0 Å². The molecule has 0 spiro atoms. The van der Waals surface area contributed by atoms with Crippen LogP contribution in [0.1, 0.15) is 19.5 Å². The van der Waals surface area contributed by atoms with E-state index >= 15 is 0 Å². The number of aromatic nitrogens is 2. The van der Waals surface area contributed by atoms with Gasteiger partial charge in [0.1, 0.15) is 5.65 Å². The van der Waals surface area contributed by atoms with E-state index in [9.17, 15) is 9.90 Å². The van der Waals surface area contributed by atoms with E-state index in [1.807, 2.05) is 18.0 Å². The first kappa shape index (κ1) is 15.2. The number of rotatable bonds is 4. The summed E-state index contributed by atoms with van der Waals surface area (Å²) in [5.74, 6) is 0. The molecule has 108 valence electrons. The fourth-order valence-electron chi connectivity index (χ4n) is 2.20. The SMILES string of the molecule is CN(Cc1cc(=O)n2cc(Br)ccc2n1)CC(C)(C)O. The third kappa shape index (κ3) is 3.88. The highest BCUT2D eigenvalue weighted by Gasteiger charge is 2.16. The average Bonchev–Trinajstić information content (AvgIpc) is 2.27. The zero-order valence-corrected chi connectivity index (χ0v) is 13.4. The van der Waals surface area contributed by atoms with E-state index in [0.717, 1.165) is 4.47 Å². The van der Waals surface area contributed by atoms with Crippen LogP contribution in [0.15, 0.2) is 33.7 Å². The predicted molar refractivity (Wildman–Crippen MR) is 81.8 cm³/mol. The van der Waals surface area contributed by atoms with Crippen LogP contribution in [0.4, 0.5) is 0 Å². The first-order valence-electron chi connectivity index (χ1n) is 6.33. The maximum absolute atomic E-state index is 12.1. The van der Waals surface area contributed by atoms with Gasteiger partial charge >= 0.3 is 0 Å². The van der Waals surface area contributed by atoms with Crippen LogP contribution in [-0.4, -0.2) is 38.6 Å². The molecule has 0 atom stereocenters. The van der Waals surface area contributed by atoms with Crippen molar-refractivity contribution in [2.45, 2.75) is 26.0 Å². The smallest absolute Gasteiger partial charge is 0.258 e. The fraction of sp³-hybridized carbons (Fsp3) is 0.429. The van der Waals surface area contributed by atoms with Crippen LogP contribution >= 0.6 is 15.9 Å². The normalized spacial score (nSPS) is 12.3. The second-order valence-corrected chi connectivity index (χ2v) is 6.56. The maximum atomic E-state index is 12.1. The Labute approximate surface area is 126 Å². The van der Waals surface area contributed by atoms with Gasteiger partial charge in [-0.05, 0) is 49.0 Å². The quantitative estimate of drug-likeness (QED) is 0.920. The second kappa shape index (κ2) is 5.63. The number of fused-ring (bicyclic) bond motifs is 1. The lowest BCUT2D eigenvalue weighted by atomic mass is 10.1. The van der Waals surface area contributed by atoms with Crippen molar-refractivity contribution in [1.29, 1.82) is 0 Å². The van der Waals surface area contributed by atoms with Crippen LogP contribution < -0.4 is 5.56 Å². The highest BCUT2D eigenvalue weighted by molar-refractivity contribution is 9.10. The summed E-state index contributed by atoms with van der Waals surface area (Å²) in [7, 11) is 1.89. The molecule has 2 heterocycles. The van der Waals surface area contributed by atoms with Crippen LogP contribution in [0, 0.1) is 0 Å². The van der Waals surface area contributed by atoms with Gasteiger partial charge in [-0.3, -0.25) is 14.1 Å². The summed E-state index contributed by atoms with van der Waals surface area (Å²) in [5, 5.41) is 9.79. The third-order valence-electron chi connectivity index (χ3n) is 2.77. The Balaban J connectivity index is 2.28. The van der Waals surface area contributed by atoms with Crippen molar-refractivity contribution >= 4 is 21.6 Å². The Morgan fingerprint density at radius 1 is 1.45 bits per heavy atom. The number of likely N-dealkylation sites (N-methyl/N-ethyl adjacent to an activating group) is 1. The van der Waals surface area contributed by atoms with Gasteiger partial charge in [-0.15, -0.1) is 0 Å². The number of halogens is 1. The van der Waals surface area contributed by atoms with E-state index in [0.29, 0.717) is 24.4 Å². The molecule has 0 aliphatic rings. The number of pyridine rings is 1. The van der Waals surface area contributed by atoms with Crippen LogP contribution in [0.25, 0.3) is 5.65 Å². The number of hydrogen-bond donors (Lipinski definition) is 1. The topological polar surface area (TPSA) is 57.8 Å². The highest BCUT2D eigenvalue weighted by atomic mass is 79.9. The monoisotopic (exact) mass is 339 g/mol. The Hall–Kier alpha value is -1.24. The lowest BCUT2D eigenvalue weighted by Crippen LogP contribution is -2.36. The minimum atomic E-state index is -0.772.